The van der Waals surface area contributed by atoms with Crippen LogP contribution in [0.4, 0.5) is 16.2 Å². The lowest BCUT2D eigenvalue weighted by atomic mass is 9.94. The first kappa shape index (κ1) is 19.0. The molecule has 1 atom stereocenters. The predicted octanol–water partition coefficient (Wildman–Crippen LogP) is 3.85. The zero-order chi connectivity index (χ0) is 20.4. The Bertz CT molecular complexity index is 1070. The van der Waals surface area contributed by atoms with E-state index in [9.17, 15) is 14.7 Å². The zero-order valence-electron chi connectivity index (χ0n) is 15.3. The Morgan fingerprint density at radius 1 is 1.00 bits per heavy atom. The van der Waals surface area contributed by atoms with Gasteiger partial charge in [0.1, 0.15) is 0 Å². The third kappa shape index (κ3) is 3.33. The maximum atomic E-state index is 13.3. The summed E-state index contributed by atoms with van der Waals surface area (Å²) in [5.74, 6) is -0.733. The minimum Gasteiger partial charge on any atom is -0.359 e. The highest BCUT2D eigenvalue weighted by Gasteiger charge is 2.51. The second-order valence-electron chi connectivity index (χ2n) is 6.59. The molecule has 0 bridgehead atoms. The van der Waals surface area contributed by atoms with Crippen LogP contribution >= 0.6 is 11.6 Å². The number of anilines is 2. The number of carbonyl (C=O) groups is 2. The van der Waals surface area contributed by atoms with Crippen LogP contribution in [0.5, 0.6) is 0 Å². The average Bonchev–Trinajstić information content (AvgIpc) is 2.73. The smallest absolute Gasteiger partial charge is 0.329 e. The maximum Gasteiger partial charge on any atom is 0.329 e. The molecule has 0 saturated heterocycles. The van der Waals surface area contributed by atoms with Gasteiger partial charge in [-0.2, -0.15) is 0 Å². The molecule has 146 valence electrons. The van der Waals surface area contributed by atoms with E-state index in [1.54, 1.807) is 72.8 Å². The van der Waals surface area contributed by atoms with Gasteiger partial charge in [0.15, 0.2) is 0 Å². The van der Waals surface area contributed by atoms with Crippen LogP contribution in [0.25, 0.3) is 0 Å². The number of nitrogens with one attached hydrogen (secondary N) is 2. The number of fused-ring (bicyclic) bond motifs is 1. The molecule has 3 aromatic rings. The van der Waals surface area contributed by atoms with Gasteiger partial charge in [-0.1, -0.05) is 66.2 Å². The molecule has 1 aliphatic heterocycles. The number of nitrogens with zero attached hydrogens (tertiary/aromatic N) is 1. The summed E-state index contributed by atoms with van der Waals surface area (Å²) in [6.07, 6.45) is 0. The largest absolute Gasteiger partial charge is 0.359 e. The first-order valence-corrected chi connectivity index (χ1v) is 9.39. The van der Waals surface area contributed by atoms with Gasteiger partial charge in [0.05, 0.1) is 5.69 Å². The Morgan fingerprint density at radius 2 is 1.66 bits per heavy atom. The lowest BCUT2D eigenvalue weighted by Crippen LogP contribution is -2.62. The first-order valence-electron chi connectivity index (χ1n) is 9.01. The SMILES string of the molecule is O=C1Nc2ccccc2[C@](O)(C(=O)NCc2ccccc2Cl)N1c1ccccc1. The van der Waals surface area contributed by atoms with Crippen LogP contribution in [0, 0.1) is 0 Å². The number of halogens is 1. The summed E-state index contributed by atoms with van der Waals surface area (Å²) in [5, 5.41) is 17.6. The second-order valence-corrected chi connectivity index (χ2v) is 7.00. The third-order valence-electron chi connectivity index (χ3n) is 4.80. The Hall–Kier alpha value is -3.35. The fourth-order valence-corrected chi connectivity index (χ4v) is 3.58. The normalized spacial score (nSPS) is 18.0. The Morgan fingerprint density at radius 3 is 2.41 bits per heavy atom. The van der Waals surface area contributed by atoms with E-state index in [1.165, 1.54) is 0 Å². The molecule has 0 saturated carbocycles. The monoisotopic (exact) mass is 407 g/mol. The molecule has 1 aliphatic rings. The molecular formula is C22H18ClN3O3. The van der Waals surface area contributed by atoms with Gasteiger partial charge < -0.3 is 15.7 Å². The summed E-state index contributed by atoms with van der Waals surface area (Å²) in [6, 6.07) is 21.7. The minimum atomic E-state index is -2.23. The third-order valence-corrected chi connectivity index (χ3v) is 5.17. The molecule has 0 unspecified atom stereocenters. The summed E-state index contributed by atoms with van der Waals surface area (Å²) in [6.45, 7) is 0.104. The minimum absolute atomic E-state index is 0.104. The van der Waals surface area contributed by atoms with Crippen molar-refractivity contribution in [3.05, 3.63) is 95.0 Å². The van der Waals surface area contributed by atoms with Crippen molar-refractivity contribution in [2.24, 2.45) is 0 Å². The van der Waals surface area contributed by atoms with E-state index in [-0.39, 0.29) is 12.1 Å². The number of hydrogen-bond acceptors (Lipinski definition) is 3. The van der Waals surface area contributed by atoms with Crippen molar-refractivity contribution >= 4 is 34.9 Å². The van der Waals surface area contributed by atoms with Gasteiger partial charge in [-0.15, -0.1) is 0 Å². The van der Waals surface area contributed by atoms with Crippen LogP contribution in [0.2, 0.25) is 5.02 Å². The van der Waals surface area contributed by atoms with E-state index in [0.717, 1.165) is 4.90 Å². The molecule has 1 heterocycles. The Labute approximate surface area is 172 Å². The Kier molecular flexibility index (Phi) is 4.96. The van der Waals surface area contributed by atoms with Gasteiger partial charge >= 0.3 is 6.03 Å². The van der Waals surface area contributed by atoms with Crippen molar-refractivity contribution in [3.8, 4) is 0 Å². The standard InChI is InChI=1S/C22H18ClN3O3/c23-18-12-6-4-8-15(18)14-24-20(27)22(29)17-11-5-7-13-19(17)25-21(28)26(22)16-9-2-1-3-10-16/h1-13,29H,14H2,(H,24,27)(H,25,28)/t22-/m0/s1. The molecule has 0 aromatic heterocycles. The van der Waals surface area contributed by atoms with Crippen LogP contribution in [-0.4, -0.2) is 17.0 Å². The van der Waals surface area contributed by atoms with Crippen LogP contribution in [0.15, 0.2) is 78.9 Å². The molecule has 3 aromatic carbocycles. The van der Waals surface area contributed by atoms with Crippen LogP contribution < -0.4 is 15.5 Å². The average molecular weight is 408 g/mol. The van der Waals surface area contributed by atoms with Gasteiger partial charge in [-0.3, -0.25) is 9.69 Å². The van der Waals surface area contributed by atoms with Gasteiger partial charge in [0.2, 0.25) is 0 Å². The number of urea groups is 1. The van der Waals surface area contributed by atoms with E-state index in [0.29, 0.717) is 22.0 Å². The molecular weight excluding hydrogens is 390 g/mol. The van der Waals surface area contributed by atoms with Gasteiger partial charge in [0, 0.05) is 22.8 Å². The number of carbonyl (C=O) groups excluding carboxylic acids is 2. The van der Waals surface area contributed by atoms with E-state index in [4.69, 9.17) is 11.6 Å². The van der Waals surface area contributed by atoms with Crippen molar-refractivity contribution in [1.29, 1.82) is 0 Å². The van der Waals surface area contributed by atoms with E-state index in [1.807, 2.05) is 6.07 Å². The summed E-state index contributed by atoms with van der Waals surface area (Å²) in [5.41, 5.74) is -0.498. The number of aliphatic hydroxyl groups is 1. The topological polar surface area (TPSA) is 81.7 Å². The fraction of sp³-hybridized carbons (Fsp3) is 0.0909. The van der Waals surface area contributed by atoms with E-state index in [2.05, 4.69) is 10.6 Å². The molecule has 4 rings (SSSR count). The molecule has 0 aliphatic carbocycles. The number of hydrogen-bond donors (Lipinski definition) is 3. The number of para-hydroxylation sites is 2. The molecule has 0 fully saturated rings. The van der Waals surface area contributed by atoms with Crippen LogP contribution in [0.1, 0.15) is 11.1 Å². The molecule has 29 heavy (non-hydrogen) atoms. The summed E-state index contributed by atoms with van der Waals surface area (Å²) >= 11 is 6.17. The summed E-state index contributed by atoms with van der Waals surface area (Å²) in [4.78, 5) is 27.2. The number of amides is 3. The molecule has 3 N–H and O–H groups in total. The van der Waals surface area contributed by atoms with Crippen molar-refractivity contribution in [3.63, 3.8) is 0 Å². The molecule has 0 radical (unpaired) electrons. The lowest BCUT2D eigenvalue weighted by Gasteiger charge is -2.42. The van der Waals surface area contributed by atoms with Crippen molar-refractivity contribution in [2.75, 3.05) is 10.2 Å². The molecule has 6 nitrogen and oxygen atoms in total. The van der Waals surface area contributed by atoms with Crippen LogP contribution in [0.3, 0.4) is 0 Å². The van der Waals surface area contributed by atoms with Crippen molar-refractivity contribution in [2.45, 2.75) is 12.3 Å². The molecule has 0 spiro atoms. The van der Waals surface area contributed by atoms with Gasteiger partial charge in [0.25, 0.3) is 11.6 Å². The Balaban J connectivity index is 1.75. The molecule has 7 heteroatoms. The number of rotatable bonds is 4. The number of benzene rings is 3. The van der Waals surface area contributed by atoms with E-state index >= 15 is 0 Å². The van der Waals surface area contributed by atoms with Gasteiger partial charge in [-0.25, -0.2) is 4.79 Å². The zero-order valence-corrected chi connectivity index (χ0v) is 16.1. The van der Waals surface area contributed by atoms with Gasteiger partial charge in [-0.05, 0) is 29.8 Å². The highest BCUT2D eigenvalue weighted by atomic mass is 35.5. The quantitative estimate of drug-likeness (QED) is 0.614. The second kappa shape index (κ2) is 7.58. The van der Waals surface area contributed by atoms with Crippen molar-refractivity contribution in [1.82, 2.24) is 5.32 Å². The van der Waals surface area contributed by atoms with E-state index < -0.39 is 17.7 Å². The summed E-state index contributed by atoms with van der Waals surface area (Å²) in [7, 11) is 0. The fourth-order valence-electron chi connectivity index (χ4n) is 3.38. The molecule has 3 amide bonds. The predicted molar refractivity (Wildman–Crippen MR) is 112 cm³/mol. The van der Waals surface area contributed by atoms with Crippen molar-refractivity contribution < 1.29 is 14.7 Å². The maximum absolute atomic E-state index is 13.3. The van der Waals surface area contributed by atoms with Crippen LogP contribution in [-0.2, 0) is 17.1 Å². The lowest BCUT2D eigenvalue weighted by molar-refractivity contribution is -0.140. The highest BCUT2D eigenvalue weighted by molar-refractivity contribution is 6.31. The first-order chi connectivity index (χ1) is 14.0. The highest BCUT2D eigenvalue weighted by Crippen LogP contribution is 2.39. The summed E-state index contributed by atoms with van der Waals surface area (Å²) < 4.78 is 0.